The molecule has 0 aliphatic carbocycles. The van der Waals surface area contributed by atoms with Gasteiger partial charge in [-0.25, -0.2) is 4.79 Å². The van der Waals surface area contributed by atoms with E-state index in [4.69, 9.17) is 14.3 Å². The molecule has 2 aromatic rings. The molecule has 82 valence electrons. The number of carboxylic acids is 1. The average molecular weight is 218 g/mol. The molecular formula is C12H10O4. The number of methoxy groups -OCH3 is 1. The summed E-state index contributed by atoms with van der Waals surface area (Å²) in [5.74, 6) is 0.0639. The van der Waals surface area contributed by atoms with Crippen LogP contribution in [0.3, 0.4) is 0 Å². The van der Waals surface area contributed by atoms with Crippen molar-refractivity contribution >= 4 is 5.97 Å². The van der Waals surface area contributed by atoms with E-state index in [9.17, 15) is 4.79 Å². The normalized spacial score (nSPS) is 10.1. The van der Waals surface area contributed by atoms with Gasteiger partial charge >= 0.3 is 5.97 Å². The van der Waals surface area contributed by atoms with E-state index in [0.717, 1.165) is 5.56 Å². The van der Waals surface area contributed by atoms with Gasteiger partial charge in [-0.05, 0) is 24.3 Å². The Morgan fingerprint density at radius 1 is 1.31 bits per heavy atom. The van der Waals surface area contributed by atoms with Gasteiger partial charge in [0.2, 0.25) is 5.76 Å². The van der Waals surface area contributed by atoms with Gasteiger partial charge in [0, 0.05) is 5.56 Å². The van der Waals surface area contributed by atoms with Crippen LogP contribution in [-0.2, 0) is 0 Å². The van der Waals surface area contributed by atoms with E-state index in [2.05, 4.69) is 0 Å². The largest absolute Gasteiger partial charge is 0.497 e. The molecule has 0 bridgehead atoms. The Morgan fingerprint density at radius 2 is 2.12 bits per heavy atom. The lowest BCUT2D eigenvalue weighted by Crippen LogP contribution is -1.91. The first-order chi connectivity index (χ1) is 7.70. The minimum absolute atomic E-state index is 0.0715. The summed E-state index contributed by atoms with van der Waals surface area (Å²) in [5.41, 5.74) is 0.784. The molecule has 0 fully saturated rings. The summed E-state index contributed by atoms with van der Waals surface area (Å²) < 4.78 is 10.2. The Labute approximate surface area is 92.1 Å². The van der Waals surface area contributed by atoms with Gasteiger partial charge in [-0.2, -0.15) is 0 Å². The van der Waals surface area contributed by atoms with Crippen LogP contribution in [0.15, 0.2) is 40.8 Å². The quantitative estimate of drug-likeness (QED) is 0.860. The fourth-order valence-corrected chi connectivity index (χ4v) is 1.38. The number of rotatable bonds is 3. The monoisotopic (exact) mass is 218 g/mol. The van der Waals surface area contributed by atoms with Crippen molar-refractivity contribution in [3.8, 4) is 17.1 Å². The molecule has 4 nitrogen and oxygen atoms in total. The number of furan rings is 1. The lowest BCUT2D eigenvalue weighted by molar-refractivity contribution is 0.0663. The van der Waals surface area contributed by atoms with Crippen molar-refractivity contribution in [3.05, 3.63) is 42.2 Å². The van der Waals surface area contributed by atoms with Gasteiger partial charge in [-0.3, -0.25) is 0 Å². The maximum Gasteiger partial charge on any atom is 0.371 e. The molecule has 0 atom stereocenters. The zero-order chi connectivity index (χ0) is 11.5. The second-order valence-corrected chi connectivity index (χ2v) is 3.20. The second-order valence-electron chi connectivity index (χ2n) is 3.20. The van der Waals surface area contributed by atoms with Gasteiger partial charge < -0.3 is 14.3 Å². The van der Waals surface area contributed by atoms with Crippen LogP contribution in [0.5, 0.6) is 5.75 Å². The van der Waals surface area contributed by atoms with E-state index in [0.29, 0.717) is 11.5 Å². The summed E-state index contributed by atoms with van der Waals surface area (Å²) in [4.78, 5) is 10.7. The molecule has 0 saturated heterocycles. The maximum absolute atomic E-state index is 10.7. The van der Waals surface area contributed by atoms with Crippen LogP contribution in [-0.4, -0.2) is 18.2 Å². The standard InChI is InChI=1S/C12H10O4/c1-15-9-4-2-3-8(7-9)10-5-6-11(16-10)12(13)14/h2-7H,1H3,(H,13,14). The minimum Gasteiger partial charge on any atom is -0.497 e. The first-order valence-electron chi connectivity index (χ1n) is 4.68. The topological polar surface area (TPSA) is 59.7 Å². The van der Waals surface area contributed by atoms with Gasteiger partial charge in [-0.1, -0.05) is 12.1 Å². The zero-order valence-electron chi connectivity index (χ0n) is 8.64. The van der Waals surface area contributed by atoms with Gasteiger partial charge in [0.1, 0.15) is 11.5 Å². The molecule has 0 amide bonds. The highest BCUT2D eigenvalue weighted by molar-refractivity contribution is 5.85. The summed E-state index contributed by atoms with van der Waals surface area (Å²) >= 11 is 0. The van der Waals surface area contributed by atoms with Crippen LogP contribution in [0.4, 0.5) is 0 Å². The Bertz CT molecular complexity index is 513. The number of hydrogen-bond acceptors (Lipinski definition) is 3. The van der Waals surface area contributed by atoms with Gasteiger partial charge in [0.15, 0.2) is 0 Å². The van der Waals surface area contributed by atoms with Gasteiger partial charge in [0.05, 0.1) is 7.11 Å². The van der Waals surface area contributed by atoms with E-state index in [-0.39, 0.29) is 5.76 Å². The number of benzene rings is 1. The third-order valence-corrected chi connectivity index (χ3v) is 2.17. The SMILES string of the molecule is COc1cccc(-c2ccc(C(=O)O)o2)c1. The van der Waals surface area contributed by atoms with Crippen molar-refractivity contribution in [3.63, 3.8) is 0 Å². The van der Waals surface area contributed by atoms with Gasteiger partial charge in [-0.15, -0.1) is 0 Å². The predicted molar refractivity (Wildman–Crippen MR) is 57.7 cm³/mol. The molecule has 1 aromatic carbocycles. The fourth-order valence-electron chi connectivity index (χ4n) is 1.38. The zero-order valence-corrected chi connectivity index (χ0v) is 8.64. The highest BCUT2D eigenvalue weighted by atomic mass is 16.5. The van der Waals surface area contributed by atoms with E-state index in [1.807, 2.05) is 18.2 Å². The van der Waals surface area contributed by atoms with Crippen LogP contribution in [0, 0.1) is 0 Å². The maximum atomic E-state index is 10.7. The van der Waals surface area contributed by atoms with Crippen molar-refractivity contribution in [2.45, 2.75) is 0 Å². The summed E-state index contributed by atoms with van der Waals surface area (Å²) in [6.07, 6.45) is 0. The van der Waals surface area contributed by atoms with Gasteiger partial charge in [0.25, 0.3) is 0 Å². The molecule has 0 unspecified atom stereocenters. The Morgan fingerprint density at radius 3 is 2.75 bits per heavy atom. The van der Waals surface area contributed by atoms with E-state index < -0.39 is 5.97 Å². The Kier molecular flexibility index (Phi) is 2.64. The number of ether oxygens (including phenoxy) is 1. The molecule has 0 saturated carbocycles. The Hall–Kier alpha value is -2.23. The molecular weight excluding hydrogens is 208 g/mol. The van der Waals surface area contributed by atoms with Crippen LogP contribution in [0.1, 0.15) is 10.6 Å². The lowest BCUT2D eigenvalue weighted by Gasteiger charge is -2.01. The van der Waals surface area contributed by atoms with Crippen LogP contribution < -0.4 is 4.74 Å². The molecule has 0 aliphatic heterocycles. The van der Waals surface area contributed by atoms with E-state index >= 15 is 0 Å². The highest BCUT2D eigenvalue weighted by Gasteiger charge is 2.10. The summed E-state index contributed by atoms with van der Waals surface area (Å²) in [7, 11) is 1.57. The van der Waals surface area contributed by atoms with Crippen molar-refractivity contribution in [1.29, 1.82) is 0 Å². The summed E-state index contributed by atoms with van der Waals surface area (Å²) in [5, 5.41) is 8.73. The Balaban J connectivity index is 2.38. The number of hydrogen-bond donors (Lipinski definition) is 1. The third-order valence-electron chi connectivity index (χ3n) is 2.17. The molecule has 1 heterocycles. The predicted octanol–water partition coefficient (Wildman–Crippen LogP) is 2.65. The van der Waals surface area contributed by atoms with Crippen molar-refractivity contribution in [1.82, 2.24) is 0 Å². The van der Waals surface area contributed by atoms with Crippen molar-refractivity contribution in [2.75, 3.05) is 7.11 Å². The first-order valence-corrected chi connectivity index (χ1v) is 4.68. The molecule has 0 spiro atoms. The fraction of sp³-hybridized carbons (Fsp3) is 0.0833. The molecule has 16 heavy (non-hydrogen) atoms. The highest BCUT2D eigenvalue weighted by Crippen LogP contribution is 2.25. The van der Waals surface area contributed by atoms with E-state index in [1.54, 1.807) is 19.2 Å². The first kappa shape index (κ1) is 10.3. The third kappa shape index (κ3) is 1.91. The smallest absolute Gasteiger partial charge is 0.371 e. The number of aromatic carboxylic acids is 1. The van der Waals surface area contributed by atoms with E-state index in [1.165, 1.54) is 6.07 Å². The van der Waals surface area contributed by atoms with Crippen molar-refractivity contribution < 1.29 is 19.1 Å². The summed E-state index contributed by atoms with van der Waals surface area (Å²) in [6, 6.07) is 10.3. The minimum atomic E-state index is -1.07. The molecule has 2 rings (SSSR count). The molecule has 4 heteroatoms. The molecule has 0 radical (unpaired) electrons. The van der Waals surface area contributed by atoms with Crippen molar-refractivity contribution in [2.24, 2.45) is 0 Å². The molecule has 0 aliphatic rings. The van der Waals surface area contributed by atoms with Crippen LogP contribution >= 0.6 is 0 Å². The lowest BCUT2D eigenvalue weighted by atomic mass is 10.2. The van der Waals surface area contributed by atoms with Crippen LogP contribution in [0.25, 0.3) is 11.3 Å². The summed E-state index contributed by atoms with van der Waals surface area (Å²) in [6.45, 7) is 0. The second kappa shape index (κ2) is 4.10. The molecule has 1 aromatic heterocycles. The molecule has 1 N–H and O–H groups in total. The number of carboxylic acid groups (broad SMARTS) is 1. The number of carbonyl (C=O) groups is 1. The van der Waals surface area contributed by atoms with Crippen LogP contribution in [0.2, 0.25) is 0 Å². The average Bonchev–Trinajstić information content (AvgIpc) is 2.78.